The smallest absolute Gasteiger partial charge is 0.0538 e. The Bertz CT molecular complexity index is 283. The molecule has 1 aliphatic carbocycles. The summed E-state index contributed by atoms with van der Waals surface area (Å²) in [5.74, 6) is 0.959. The summed E-state index contributed by atoms with van der Waals surface area (Å²) < 4.78 is 5.90. The molecule has 0 aromatic carbocycles. The number of nitrogens with zero attached hydrogens (tertiary/aromatic N) is 1. The molecule has 0 aromatic heterocycles. The van der Waals surface area contributed by atoms with Gasteiger partial charge in [0.05, 0.1) is 12.7 Å². The van der Waals surface area contributed by atoms with Crippen molar-refractivity contribution in [2.45, 2.75) is 77.5 Å². The molecule has 2 unspecified atom stereocenters. The lowest BCUT2D eigenvalue weighted by atomic mass is 9.91. The van der Waals surface area contributed by atoms with Gasteiger partial charge in [-0.15, -0.1) is 0 Å². The molecule has 3 aliphatic rings. The van der Waals surface area contributed by atoms with E-state index in [1.165, 1.54) is 45.1 Å². The molecule has 2 heterocycles. The Labute approximate surface area is 112 Å². The summed E-state index contributed by atoms with van der Waals surface area (Å²) in [6.45, 7) is 9.07. The molecule has 1 saturated carbocycles. The van der Waals surface area contributed by atoms with Gasteiger partial charge < -0.3 is 4.74 Å². The summed E-state index contributed by atoms with van der Waals surface area (Å²) in [7, 11) is 0. The largest absolute Gasteiger partial charge is 0.378 e. The number of ether oxygens (including phenoxy) is 1. The van der Waals surface area contributed by atoms with Crippen LogP contribution in [0.1, 0.15) is 59.3 Å². The van der Waals surface area contributed by atoms with E-state index in [0.717, 1.165) is 24.6 Å². The fraction of sp³-hybridized carbons (Fsp3) is 1.00. The SMILES string of the molecule is CC1CC2CCC(C1)N2CC1(COC(C)C)CC1. The third kappa shape index (κ3) is 2.60. The first-order valence-corrected chi connectivity index (χ1v) is 7.95. The predicted octanol–water partition coefficient (Wildman–Crippen LogP) is 3.45. The van der Waals surface area contributed by atoms with Crippen LogP contribution >= 0.6 is 0 Å². The fourth-order valence-electron chi connectivity index (χ4n) is 4.06. The van der Waals surface area contributed by atoms with Crippen LogP contribution in [0.4, 0.5) is 0 Å². The highest BCUT2D eigenvalue weighted by atomic mass is 16.5. The van der Waals surface area contributed by atoms with Crippen LogP contribution in [0.25, 0.3) is 0 Å². The van der Waals surface area contributed by atoms with Crippen LogP contribution in [0.15, 0.2) is 0 Å². The summed E-state index contributed by atoms with van der Waals surface area (Å²) in [6.07, 6.45) is 8.97. The normalized spacial score (nSPS) is 38.3. The van der Waals surface area contributed by atoms with E-state index in [4.69, 9.17) is 4.74 Å². The highest BCUT2D eigenvalue weighted by Gasteiger charge is 2.49. The zero-order chi connectivity index (χ0) is 12.8. The van der Waals surface area contributed by atoms with Crippen LogP contribution in [-0.4, -0.2) is 36.2 Å². The van der Waals surface area contributed by atoms with Gasteiger partial charge in [-0.25, -0.2) is 0 Å². The Morgan fingerprint density at radius 1 is 1.17 bits per heavy atom. The van der Waals surface area contributed by atoms with E-state index in [9.17, 15) is 0 Å². The molecule has 18 heavy (non-hydrogen) atoms. The monoisotopic (exact) mass is 251 g/mol. The molecule has 2 nitrogen and oxygen atoms in total. The van der Waals surface area contributed by atoms with Gasteiger partial charge in [-0.2, -0.15) is 0 Å². The van der Waals surface area contributed by atoms with Crippen molar-refractivity contribution in [1.82, 2.24) is 4.90 Å². The van der Waals surface area contributed by atoms with E-state index in [1.54, 1.807) is 0 Å². The summed E-state index contributed by atoms with van der Waals surface area (Å²) >= 11 is 0. The summed E-state index contributed by atoms with van der Waals surface area (Å²) in [4.78, 5) is 2.86. The van der Waals surface area contributed by atoms with Crippen LogP contribution in [-0.2, 0) is 4.74 Å². The van der Waals surface area contributed by atoms with Gasteiger partial charge in [0.15, 0.2) is 0 Å². The Kier molecular flexibility index (Phi) is 3.44. The molecule has 3 fully saturated rings. The van der Waals surface area contributed by atoms with Crippen molar-refractivity contribution in [3.05, 3.63) is 0 Å². The lowest BCUT2D eigenvalue weighted by molar-refractivity contribution is 0.0131. The van der Waals surface area contributed by atoms with E-state index >= 15 is 0 Å². The van der Waals surface area contributed by atoms with E-state index in [-0.39, 0.29) is 0 Å². The standard InChI is InChI=1S/C16H29NO/c1-12(2)18-11-16(6-7-16)10-17-14-4-5-15(17)9-13(3)8-14/h12-15H,4-11H2,1-3H3. The summed E-state index contributed by atoms with van der Waals surface area (Å²) in [5.41, 5.74) is 0.533. The molecule has 0 amide bonds. The van der Waals surface area contributed by atoms with Gasteiger partial charge in [0, 0.05) is 24.0 Å². The molecule has 3 rings (SSSR count). The number of hydrogen-bond donors (Lipinski definition) is 0. The van der Waals surface area contributed by atoms with Crippen molar-refractivity contribution in [1.29, 1.82) is 0 Å². The van der Waals surface area contributed by atoms with Gasteiger partial charge in [0.2, 0.25) is 0 Å². The molecule has 2 aliphatic heterocycles. The Balaban J connectivity index is 1.57. The number of rotatable bonds is 5. The molecule has 0 N–H and O–H groups in total. The molecular formula is C16H29NO. The van der Waals surface area contributed by atoms with Crippen LogP contribution in [0, 0.1) is 11.3 Å². The van der Waals surface area contributed by atoms with Crippen LogP contribution in [0.2, 0.25) is 0 Å². The van der Waals surface area contributed by atoms with Crippen molar-refractivity contribution in [2.75, 3.05) is 13.2 Å². The maximum atomic E-state index is 5.90. The fourth-order valence-corrected chi connectivity index (χ4v) is 4.06. The lowest BCUT2D eigenvalue weighted by Crippen LogP contribution is -2.46. The first-order chi connectivity index (χ1) is 8.58. The average molecular weight is 251 g/mol. The third-order valence-electron chi connectivity index (χ3n) is 5.32. The molecule has 0 aromatic rings. The second-order valence-electron chi connectivity index (χ2n) is 7.49. The molecule has 104 valence electrons. The summed E-state index contributed by atoms with van der Waals surface area (Å²) in [6, 6.07) is 1.80. The molecule has 2 atom stereocenters. The van der Waals surface area contributed by atoms with Gasteiger partial charge in [-0.05, 0) is 58.3 Å². The van der Waals surface area contributed by atoms with E-state index < -0.39 is 0 Å². The van der Waals surface area contributed by atoms with Gasteiger partial charge in [-0.1, -0.05) is 6.92 Å². The maximum absolute atomic E-state index is 5.90. The first kappa shape index (κ1) is 12.9. The second-order valence-corrected chi connectivity index (χ2v) is 7.49. The van der Waals surface area contributed by atoms with Crippen LogP contribution < -0.4 is 0 Å². The minimum absolute atomic E-state index is 0.389. The topological polar surface area (TPSA) is 12.5 Å². The molecule has 2 saturated heterocycles. The average Bonchev–Trinajstić information content (AvgIpc) is 3.02. The van der Waals surface area contributed by atoms with E-state index in [2.05, 4.69) is 25.7 Å². The molecule has 0 spiro atoms. The van der Waals surface area contributed by atoms with Crippen LogP contribution in [0.5, 0.6) is 0 Å². The lowest BCUT2D eigenvalue weighted by Gasteiger charge is -2.40. The van der Waals surface area contributed by atoms with Gasteiger partial charge in [0.25, 0.3) is 0 Å². The first-order valence-electron chi connectivity index (χ1n) is 7.95. The van der Waals surface area contributed by atoms with Gasteiger partial charge in [0.1, 0.15) is 0 Å². The number of fused-ring (bicyclic) bond motifs is 2. The predicted molar refractivity (Wildman–Crippen MR) is 74.7 cm³/mol. The Morgan fingerprint density at radius 3 is 2.28 bits per heavy atom. The van der Waals surface area contributed by atoms with Crippen molar-refractivity contribution in [3.8, 4) is 0 Å². The molecular weight excluding hydrogens is 222 g/mol. The van der Waals surface area contributed by atoms with Crippen molar-refractivity contribution < 1.29 is 4.74 Å². The zero-order valence-corrected chi connectivity index (χ0v) is 12.3. The molecule has 2 bridgehead atoms. The Morgan fingerprint density at radius 2 is 1.78 bits per heavy atom. The highest BCUT2D eigenvalue weighted by molar-refractivity contribution is 5.02. The van der Waals surface area contributed by atoms with E-state index in [0.29, 0.717) is 11.5 Å². The zero-order valence-electron chi connectivity index (χ0n) is 12.3. The third-order valence-corrected chi connectivity index (χ3v) is 5.32. The van der Waals surface area contributed by atoms with Crippen molar-refractivity contribution in [3.63, 3.8) is 0 Å². The van der Waals surface area contributed by atoms with Crippen molar-refractivity contribution in [2.24, 2.45) is 11.3 Å². The maximum Gasteiger partial charge on any atom is 0.0538 e. The quantitative estimate of drug-likeness (QED) is 0.742. The minimum Gasteiger partial charge on any atom is -0.378 e. The number of piperidine rings is 1. The molecule has 2 heteroatoms. The molecule has 0 radical (unpaired) electrons. The van der Waals surface area contributed by atoms with Crippen molar-refractivity contribution >= 4 is 0 Å². The van der Waals surface area contributed by atoms with Gasteiger partial charge >= 0.3 is 0 Å². The minimum atomic E-state index is 0.389. The number of hydrogen-bond acceptors (Lipinski definition) is 2. The van der Waals surface area contributed by atoms with E-state index in [1.807, 2.05) is 0 Å². The van der Waals surface area contributed by atoms with Gasteiger partial charge in [-0.3, -0.25) is 4.90 Å². The van der Waals surface area contributed by atoms with Crippen LogP contribution in [0.3, 0.4) is 0 Å². The Hall–Kier alpha value is -0.0800. The summed E-state index contributed by atoms with van der Waals surface area (Å²) in [5, 5.41) is 0. The highest BCUT2D eigenvalue weighted by Crippen LogP contribution is 2.50. The second kappa shape index (κ2) is 4.79.